The summed E-state index contributed by atoms with van der Waals surface area (Å²) in [7, 11) is 0. The lowest BCUT2D eigenvalue weighted by Gasteiger charge is -2.33. The molecule has 0 aromatic heterocycles. The number of carbonyl (C=O) groups is 1. The highest BCUT2D eigenvalue weighted by molar-refractivity contribution is 5.68. The van der Waals surface area contributed by atoms with Crippen molar-refractivity contribution in [1.82, 2.24) is 4.90 Å². The molecule has 1 aromatic rings. The molecule has 0 unspecified atom stereocenters. The van der Waals surface area contributed by atoms with E-state index in [1.54, 1.807) is 17.0 Å². The van der Waals surface area contributed by atoms with Gasteiger partial charge in [0.1, 0.15) is 11.7 Å². The third kappa shape index (κ3) is 4.82. The third-order valence-corrected chi connectivity index (χ3v) is 3.60. The van der Waals surface area contributed by atoms with Gasteiger partial charge in [-0.3, -0.25) is 0 Å². The van der Waals surface area contributed by atoms with Crippen LogP contribution in [0, 0.1) is 5.82 Å². The van der Waals surface area contributed by atoms with Crippen LogP contribution in [0.15, 0.2) is 18.2 Å². The highest BCUT2D eigenvalue weighted by Gasteiger charge is 2.28. The fourth-order valence-electron chi connectivity index (χ4n) is 2.43. The Morgan fingerprint density at radius 2 is 2.00 bits per heavy atom. The molecule has 0 spiro atoms. The molecule has 0 atom stereocenters. The Balaban J connectivity index is 1.89. The van der Waals surface area contributed by atoms with Crippen molar-refractivity contribution in [3.8, 4) is 5.75 Å². The smallest absolute Gasteiger partial charge is 0.410 e. The molecule has 1 fully saturated rings. The van der Waals surface area contributed by atoms with Crippen molar-refractivity contribution in [3.05, 3.63) is 29.6 Å². The maximum absolute atomic E-state index is 14.0. The summed E-state index contributed by atoms with van der Waals surface area (Å²) in [6.45, 7) is 6.16. The normalized spacial score (nSPS) is 16.3. The minimum Gasteiger partial charge on any atom is -0.487 e. The zero-order chi connectivity index (χ0) is 17.0. The van der Waals surface area contributed by atoms with Gasteiger partial charge in [-0.25, -0.2) is 9.18 Å². The van der Waals surface area contributed by atoms with Crippen LogP contribution in [0.25, 0.3) is 0 Å². The Labute approximate surface area is 136 Å². The Morgan fingerprint density at radius 3 is 2.57 bits per heavy atom. The van der Waals surface area contributed by atoms with Gasteiger partial charge in [-0.15, -0.1) is 0 Å². The molecule has 1 aliphatic heterocycles. The first kappa shape index (κ1) is 17.5. The Kier molecular flexibility index (Phi) is 5.46. The first-order chi connectivity index (χ1) is 10.8. The lowest BCUT2D eigenvalue weighted by molar-refractivity contribution is 0.0123. The van der Waals surface area contributed by atoms with Gasteiger partial charge in [-0.05, 0) is 26.8 Å². The number of hydrogen-bond acceptors (Lipinski definition) is 4. The van der Waals surface area contributed by atoms with Gasteiger partial charge in [-0.1, -0.05) is 12.1 Å². The van der Waals surface area contributed by atoms with Crippen molar-refractivity contribution in [2.75, 3.05) is 13.1 Å². The number of amides is 1. The van der Waals surface area contributed by atoms with Crippen molar-refractivity contribution < 1.29 is 23.8 Å². The summed E-state index contributed by atoms with van der Waals surface area (Å²) in [5.74, 6) is -0.378. The number of rotatable bonds is 3. The van der Waals surface area contributed by atoms with E-state index in [1.807, 2.05) is 20.8 Å². The number of aliphatic hydroxyl groups excluding tert-OH is 1. The molecule has 128 valence electrons. The van der Waals surface area contributed by atoms with Crippen LogP contribution in [0.5, 0.6) is 5.75 Å². The molecule has 0 bridgehead atoms. The summed E-state index contributed by atoms with van der Waals surface area (Å²) in [5, 5.41) is 9.08. The SMILES string of the molecule is CC(C)(C)OC(=O)N1CCC(Oc2cccc(CO)c2F)CC1. The van der Waals surface area contributed by atoms with E-state index in [-0.39, 0.29) is 30.1 Å². The van der Waals surface area contributed by atoms with Crippen molar-refractivity contribution >= 4 is 6.09 Å². The van der Waals surface area contributed by atoms with Crippen molar-refractivity contribution in [2.45, 2.75) is 51.9 Å². The molecule has 1 aromatic carbocycles. The van der Waals surface area contributed by atoms with E-state index in [1.165, 1.54) is 6.07 Å². The fourth-order valence-corrected chi connectivity index (χ4v) is 2.43. The van der Waals surface area contributed by atoms with Gasteiger partial charge in [0.25, 0.3) is 0 Å². The molecular formula is C17H24FNO4. The number of benzene rings is 1. The van der Waals surface area contributed by atoms with Crippen LogP contribution in [0.3, 0.4) is 0 Å². The lowest BCUT2D eigenvalue weighted by Crippen LogP contribution is -2.44. The van der Waals surface area contributed by atoms with Crippen molar-refractivity contribution in [1.29, 1.82) is 0 Å². The van der Waals surface area contributed by atoms with E-state index in [9.17, 15) is 9.18 Å². The molecule has 0 aliphatic carbocycles. The van der Waals surface area contributed by atoms with Crippen molar-refractivity contribution in [2.24, 2.45) is 0 Å². The number of aliphatic hydroxyl groups is 1. The summed E-state index contributed by atoms with van der Waals surface area (Å²) in [6.07, 6.45) is 0.742. The predicted octanol–water partition coefficient (Wildman–Crippen LogP) is 3.10. The van der Waals surface area contributed by atoms with Gasteiger partial charge in [0.2, 0.25) is 0 Å². The van der Waals surface area contributed by atoms with Crippen molar-refractivity contribution in [3.63, 3.8) is 0 Å². The molecule has 1 N–H and O–H groups in total. The minimum absolute atomic E-state index is 0.146. The largest absolute Gasteiger partial charge is 0.487 e. The van der Waals surface area contributed by atoms with Crippen LogP contribution in [-0.4, -0.2) is 40.9 Å². The summed E-state index contributed by atoms with van der Waals surface area (Å²) >= 11 is 0. The zero-order valence-corrected chi connectivity index (χ0v) is 13.8. The molecule has 1 amide bonds. The van der Waals surface area contributed by atoms with Crippen LogP contribution in [0.1, 0.15) is 39.2 Å². The number of nitrogens with zero attached hydrogens (tertiary/aromatic N) is 1. The van der Waals surface area contributed by atoms with Crippen LogP contribution in [-0.2, 0) is 11.3 Å². The number of carbonyl (C=O) groups excluding carboxylic acids is 1. The third-order valence-electron chi connectivity index (χ3n) is 3.60. The van der Waals surface area contributed by atoms with Crippen LogP contribution in [0.2, 0.25) is 0 Å². The Hall–Kier alpha value is -1.82. The summed E-state index contributed by atoms with van der Waals surface area (Å²) in [5.41, 5.74) is -0.299. The number of hydrogen-bond donors (Lipinski definition) is 1. The second kappa shape index (κ2) is 7.17. The Morgan fingerprint density at radius 1 is 1.35 bits per heavy atom. The predicted molar refractivity (Wildman–Crippen MR) is 83.8 cm³/mol. The molecular weight excluding hydrogens is 301 g/mol. The Bertz CT molecular complexity index is 548. The van der Waals surface area contributed by atoms with E-state index in [4.69, 9.17) is 14.6 Å². The van der Waals surface area contributed by atoms with Crippen LogP contribution >= 0.6 is 0 Å². The lowest BCUT2D eigenvalue weighted by atomic mass is 10.1. The second-order valence-electron chi connectivity index (χ2n) is 6.67. The van der Waals surface area contributed by atoms with Crippen LogP contribution in [0.4, 0.5) is 9.18 Å². The maximum atomic E-state index is 14.0. The molecule has 2 rings (SSSR count). The summed E-state index contributed by atoms with van der Waals surface area (Å²) in [6, 6.07) is 4.72. The molecule has 23 heavy (non-hydrogen) atoms. The number of piperidine rings is 1. The standard InChI is InChI=1S/C17H24FNO4/c1-17(2,3)23-16(21)19-9-7-13(8-10-19)22-14-6-4-5-12(11-20)15(14)18/h4-6,13,20H,7-11H2,1-3H3. The highest BCUT2D eigenvalue weighted by Crippen LogP contribution is 2.25. The topological polar surface area (TPSA) is 59.0 Å². The van der Waals surface area contributed by atoms with Gasteiger partial charge in [0.05, 0.1) is 6.61 Å². The van der Waals surface area contributed by atoms with Gasteiger partial charge in [-0.2, -0.15) is 0 Å². The van der Waals surface area contributed by atoms with Crippen LogP contribution < -0.4 is 4.74 Å². The van der Waals surface area contributed by atoms with E-state index in [0.717, 1.165) is 0 Å². The molecule has 0 radical (unpaired) electrons. The van der Waals surface area contributed by atoms with E-state index >= 15 is 0 Å². The highest BCUT2D eigenvalue weighted by atomic mass is 19.1. The number of halogens is 1. The molecule has 6 heteroatoms. The molecule has 5 nitrogen and oxygen atoms in total. The van der Waals surface area contributed by atoms with Gasteiger partial charge >= 0.3 is 6.09 Å². The fraction of sp³-hybridized carbons (Fsp3) is 0.588. The first-order valence-electron chi connectivity index (χ1n) is 7.83. The molecule has 1 heterocycles. The summed E-state index contributed by atoms with van der Waals surface area (Å²) < 4.78 is 25.1. The van der Waals surface area contributed by atoms with E-state index in [2.05, 4.69) is 0 Å². The average molecular weight is 325 g/mol. The second-order valence-corrected chi connectivity index (χ2v) is 6.67. The average Bonchev–Trinajstić information content (AvgIpc) is 2.48. The van der Waals surface area contributed by atoms with Gasteiger partial charge in [0.15, 0.2) is 11.6 Å². The molecule has 1 saturated heterocycles. The summed E-state index contributed by atoms with van der Waals surface area (Å²) in [4.78, 5) is 13.6. The van der Waals surface area contributed by atoms with E-state index < -0.39 is 11.4 Å². The number of likely N-dealkylation sites (tertiary alicyclic amines) is 1. The minimum atomic E-state index is -0.524. The van der Waals surface area contributed by atoms with Gasteiger partial charge in [0, 0.05) is 31.5 Å². The molecule has 0 saturated carbocycles. The monoisotopic (exact) mass is 325 g/mol. The zero-order valence-electron chi connectivity index (χ0n) is 13.8. The first-order valence-corrected chi connectivity index (χ1v) is 7.83. The quantitative estimate of drug-likeness (QED) is 0.928. The maximum Gasteiger partial charge on any atom is 0.410 e. The van der Waals surface area contributed by atoms with Gasteiger partial charge < -0.3 is 19.5 Å². The number of ether oxygens (including phenoxy) is 2. The van der Waals surface area contributed by atoms with E-state index in [0.29, 0.717) is 25.9 Å². The molecule has 1 aliphatic rings.